The van der Waals surface area contributed by atoms with E-state index in [0.717, 1.165) is 6.54 Å². The first-order valence-corrected chi connectivity index (χ1v) is 5.79. The normalized spacial score (nSPS) is 20.5. The summed E-state index contributed by atoms with van der Waals surface area (Å²) in [6.45, 7) is 6.51. The molecule has 1 saturated heterocycles. The lowest BCUT2D eigenvalue weighted by Gasteiger charge is -2.13. The van der Waals surface area contributed by atoms with Gasteiger partial charge in [-0.05, 0) is 56.5 Å². The maximum atomic E-state index is 3.51. The molecule has 15 heavy (non-hydrogen) atoms. The van der Waals surface area contributed by atoms with Crippen LogP contribution >= 0.6 is 0 Å². The third-order valence-electron chi connectivity index (χ3n) is 2.94. The maximum absolute atomic E-state index is 3.51. The molecule has 1 fully saturated rings. The highest BCUT2D eigenvalue weighted by atomic mass is 15.0. The van der Waals surface area contributed by atoms with Crippen LogP contribution < -0.4 is 10.6 Å². The molecule has 1 atom stereocenters. The van der Waals surface area contributed by atoms with Crippen LogP contribution in [0.4, 0.5) is 5.69 Å². The molecule has 2 N–H and O–H groups in total. The molecule has 0 saturated carbocycles. The van der Waals surface area contributed by atoms with Crippen LogP contribution in [0.1, 0.15) is 24.0 Å². The zero-order valence-corrected chi connectivity index (χ0v) is 9.64. The Morgan fingerprint density at radius 1 is 1.27 bits per heavy atom. The molecule has 0 bridgehead atoms. The Balaban J connectivity index is 1.92. The molecule has 82 valence electrons. The van der Waals surface area contributed by atoms with E-state index in [2.05, 4.69) is 42.7 Å². The Bertz CT molecular complexity index is 307. The van der Waals surface area contributed by atoms with Crippen molar-refractivity contribution >= 4 is 5.69 Å². The van der Waals surface area contributed by atoms with Crippen molar-refractivity contribution < 1.29 is 0 Å². The topological polar surface area (TPSA) is 24.1 Å². The van der Waals surface area contributed by atoms with Crippen molar-refractivity contribution in [3.05, 3.63) is 29.3 Å². The fraction of sp³-hybridized carbons (Fsp3) is 0.538. The van der Waals surface area contributed by atoms with E-state index in [4.69, 9.17) is 0 Å². The van der Waals surface area contributed by atoms with E-state index in [1.807, 2.05) is 0 Å². The van der Waals surface area contributed by atoms with Gasteiger partial charge in [0.25, 0.3) is 0 Å². The van der Waals surface area contributed by atoms with Gasteiger partial charge in [0, 0.05) is 18.3 Å². The van der Waals surface area contributed by atoms with Gasteiger partial charge in [0.1, 0.15) is 0 Å². The van der Waals surface area contributed by atoms with E-state index in [1.54, 1.807) is 0 Å². The summed E-state index contributed by atoms with van der Waals surface area (Å²) in [6.07, 6.45) is 2.62. The molecule has 0 radical (unpaired) electrons. The monoisotopic (exact) mass is 204 g/mol. The molecular weight excluding hydrogens is 184 g/mol. The van der Waals surface area contributed by atoms with Crippen molar-refractivity contribution in [1.82, 2.24) is 5.32 Å². The second-order valence-electron chi connectivity index (χ2n) is 4.55. The third-order valence-corrected chi connectivity index (χ3v) is 2.94. The Hall–Kier alpha value is -1.02. The summed E-state index contributed by atoms with van der Waals surface area (Å²) in [5.41, 5.74) is 3.91. The maximum Gasteiger partial charge on any atom is 0.0346 e. The van der Waals surface area contributed by atoms with Gasteiger partial charge in [-0.25, -0.2) is 0 Å². The van der Waals surface area contributed by atoms with E-state index in [1.165, 1.54) is 36.2 Å². The third kappa shape index (κ3) is 2.96. The lowest BCUT2D eigenvalue weighted by Crippen LogP contribution is -2.29. The molecule has 0 amide bonds. The fourth-order valence-corrected chi connectivity index (χ4v) is 2.25. The van der Waals surface area contributed by atoms with Crippen LogP contribution in [0.3, 0.4) is 0 Å². The largest absolute Gasteiger partial charge is 0.383 e. The minimum atomic E-state index is 0.658. The van der Waals surface area contributed by atoms with Crippen molar-refractivity contribution in [1.29, 1.82) is 0 Å². The Labute approximate surface area is 92.1 Å². The minimum Gasteiger partial charge on any atom is -0.383 e. The average Bonchev–Trinajstić information content (AvgIpc) is 2.65. The number of aryl methyl sites for hydroxylation is 2. The average molecular weight is 204 g/mol. The summed E-state index contributed by atoms with van der Waals surface area (Å²) in [4.78, 5) is 0. The highest BCUT2D eigenvalue weighted by Gasteiger charge is 2.12. The van der Waals surface area contributed by atoms with Crippen molar-refractivity contribution in [2.75, 3.05) is 18.4 Å². The molecule has 2 nitrogen and oxygen atoms in total. The molecule has 2 heteroatoms. The van der Waals surface area contributed by atoms with E-state index < -0.39 is 0 Å². The van der Waals surface area contributed by atoms with Gasteiger partial charge in [-0.3, -0.25) is 0 Å². The van der Waals surface area contributed by atoms with Crippen LogP contribution in [0.15, 0.2) is 18.2 Å². The number of rotatable bonds is 3. The highest BCUT2D eigenvalue weighted by Crippen LogP contribution is 2.14. The van der Waals surface area contributed by atoms with Crippen LogP contribution in [0.2, 0.25) is 0 Å². The predicted octanol–water partition coefficient (Wildman–Crippen LogP) is 2.47. The number of nitrogens with one attached hydrogen (secondary N) is 2. The van der Waals surface area contributed by atoms with E-state index in [0.29, 0.717) is 6.04 Å². The molecule has 1 aromatic carbocycles. The minimum absolute atomic E-state index is 0.658. The van der Waals surface area contributed by atoms with E-state index in [-0.39, 0.29) is 0 Å². The Morgan fingerprint density at radius 3 is 2.60 bits per heavy atom. The lowest BCUT2D eigenvalue weighted by molar-refractivity contribution is 0.633. The van der Waals surface area contributed by atoms with Crippen LogP contribution in [0.5, 0.6) is 0 Å². The molecule has 1 aliphatic rings. The van der Waals surface area contributed by atoms with Gasteiger partial charge in [0.15, 0.2) is 0 Å². The molecule has 0 aromatic heterocycles. The second kappa shape index (κ2) is 4.67. The summed E-state index contributed by atoms with van der Waals surface area (Å²) in [7, 11) is 0. The molecule has 2 rings (SSSR count). The van der Waals surface area contributed by atoms with Crippen LogP contribution in [-0.2, 0) is 0 Å². The summed E-state index contributed by atoms with van der Waals surface area (Å²) in [5.74, 6) is 0. The lowest BCUT2D eigenvalue weighted by atomic mass is 10.1. The number of hydrogen-bond donors (Lipinski definition) is 2. The van der Waals surface area contributed by atoms with Crippen molar-refractivity contribution in [3.8, 4) is 0 Å². The SMILES string of the molecule is Cc1cc(C)cc(NC[C@H]2CCCN2)c1. The van der Waals surface area contributed by atoms with Gasteiger partial charge in [-0.2, -0.15) is 0 Å². The van der Waals surface area contributed by atoms with Gasteiger partial charge in [-0.15, -0.1) is 0 Å². The van der Waals surface area contributed by atoms with Gasteiger partial charge < -0.3 is 10.6 Å². The van der Waals surface area contributed by atoms with Gasteiger partial charge in [-0.1, -0.05) is 6.07 Å². The smallest absolute Gasteiger partial charge is 0.0346 e. The van der Waals surface area contributed by atoms with Crippen LogP contribution in [0, 0.1) is 13.8 Å². The molecule has 1 aliphatic heterocycles. The number of anilines is 1. The molecular formula is C13H20N2. The van der Waals surface area contributed by atoms with Crippen molar-refractivity contribution in [3.63, 3.8) is 0 Å². The Kier molecular flexibility index (Phi) is 3.27. The molecule has 1 heterocycles. The van der Waals surface area contributed by atoms with Gasteiger partial charge in [0.05, 0.1) is 0 Å². The molecule has 0 unspecified atom stereocenters. The zero-order chi connectivity index (χ0) is 10.7. The quantitative estimate of drug-likeness (QED) is 0.790. The summed E-state index contributed by atoms with van der Waals surface area (Å²) < 4.78 is 0. The van der Waals surface area contributed by atoms with Gasteiger partial charge in [0.2, 0.25) is 0 Å². The standard InChI is InChI=1S/C13H20N2/c1-10-6-11(2)8-13(7-10)15-9-12-4-3-5-14-12/h6-8,12,14-15H,3-5,9H2,1-2H3/t12-/m1/s1. The van der Waals surface area contributed by atoms with Gasteiger partial charge >= 0.3 is 0 Å². The van der Waals surface area contributed by atoms with E-state index in [9.17, 15) is 0 Å². The van der Waals surface area contributed by atoms with Crippen molar-refractivity contribution in [2.45, 2.75) is 32.7 Å². The zero-order valence-electron chi connectivity index (χ0n) is 9.64. The number of hydrogen-bond acceptors (Lipinski definition) is 2. The fourth-order valence-electron chi connectivity index (χ4n) is 2.25. The first kappa shape index (κ1) is 10.5. The van der Waals surface area contributed by atoms with E-state index >= 15 is 0 Å². The van der Waals surface area contributed by atoms with Crippen LogP contribution in [-0.4, -0.2) is 19.1 Å². The Morgan fingerprint density at radius 2 is 2.00 bits per heavy atom. The molecule has 1 aromatic rings. The summed E-state index contributed by atoms with van der Waals surface area (Å²) in [5, 5.41) is 7.00. The molecule has 0 aliphatic carbocycles. The highest BCUT2D eigenvalue weighted by molar-refractivity contribution is 5.48. The molecule has 0 spiro atoms. The first-order chi connectivity index (χ1) is 7.24. The summed E-state index contributed by atoms with van der Waals surface area (Å²) in [6, 6.07) is 7.29. The van der Waals surface area contributed by atoms with Crippen molar-refractivity contribution in [2.24, 2.45) is 0 Å². The second-order valence-corrected chi connectivity index (χ2v) is 4.55. The first-order valence-electron chi connectivity index (χ1n) is 5.79. The number of benzene rings is 1. The predicted molar refractivity (Wildman–Crippen MR) is 65.4 cm³/mol. The summed E-state index contributed by atoms with van der Waals surface area (Å²) >= 11 is 0. The van der Waals surface area contributed by atoms with Crippen LogP contribution in [0.25, 0.3) is 0 Å².